The van der Waals surface area contributed by atoms with Crippen molar-refractivity contribution < 1.29 is 0 Å². The van der Waals surface area contributed by atoms with Gasteiger partial charge in [0.2, 0.25) is 0 Å². The molecule has 110 valence electrons. The van der Waals surface area contributed by atoms with Crippen LogP contribution in [0, 0.1) is 13.8 Å². The molecule has 2 heterocycles. The average molecular weight is 320 g/mol. The predicted octanol–water partition coefficient (Wildman–Crippen LogP) is 4.50. The molecule has 5 heteroatoms. The van der Waals surface area contributed by atoms with E-state index in [2.05, 4.69) is 47.0 Å². The summed E-state index contributed by atoms with van der Waals surface area (Å²) in [5.41, 5.74) is 4.54. The second kappa shape index (κ2) is 5.78. The molecule has 3 aromatic rings. The molecular formula is C16H18ClN3S. The van der Waals surface area contributed by atoms with Gasteiger partial charge in [0.1, 0.15) is 10.8 Å². The third-order valence-corrected chi connectivity index (χ3v) is 5.01. The lowest BCUT2D eigenvalue weighted by atomic mass is 10.2. The normalized spacial score (nSPS) is 13.0. The van der Waals surface area contributed by atoms with Gasteiger partial charge in [-0.25, -0.2) is 9.97 Å². The van der Waals surface area contributed by atoms with E-state index in [4.69, 9.17) is 16.6 Å². The average Bonchev–Trinajstić information content (AvgIpc) is 3.03. The maximum absolute atomic E-state index is 5.96. The molecule has 0 bridgehead atoms. The summed E-state index contributed by atoms with van der Waals surface area (Å²) >= 11 is 7.67. The quantitative estimate of drug-likeness (QED) is 0.663. The van der Waals surface area contributed by atoms with Crippen LogP contribution in [0.2, 0.25) is 0 Å². The number of nitrogens with zero attached hydrogens (tertiary/aromatic N) is 3. The van der Waals surface area contributed by atoms with E-state index in [1.54, 1.807) is 11.3 Å². The van der Waals surface area contributed by atoms with Gasteiger partial charge in [0, 0.05) is 23.4 Å². The molecule has 0 amide bonds. The van der Waals surface area contributed by atoms with Crippen LogP contribution in [0.1, 0.15) is 35.1 Å². The molecular weight excluding hydrogens is 302 g/mol. The van der Waals surface area contributed by atoms with Crippen molar-refractivity contribution >= 4 is 34.0 Å². The second-order valence-electron chi connectivity index (χ2n) is 5.28. The lowest BCUT2D eigenvalue weighted by molar-refractivity contribution is 0.618. The summed E-state index contributed by atoms with van der Waals surface area (Å²) in [5.74, 6) is 1.61. The highest BCUT2D eigenvalue weighted by atomic mass is 35.5. The number of rotatable bonds is 4. The lowest BCUT2D eigenvalue weighted by Gasteiger charge is -2.16. The van der Waals surface area contributed by atoms with Crippen molar-refractivity contribution in [3.8, 4) is 0 Å². The van der Waals surface area contributed by atoms with Gasteiger partial charge in [-0.2, -0.15) is 0 Å². The van der Waals surface area contributed by atoms with Crippen molar-refractivity contribution in [3.05, 3.63) is 45.7 Å². The molecule has 0 aliphatic carbocycles. The molecule has 0 aliphatic heterocycles. The number of aromatic nitrogens is 3. The van der Waals surface area contributed by atoms with Gasteiger partial charge in [0.05, 0.1) is 17.1 Å². The smallest absolute Gasteiger partial charge is 0.116 e. The van der Waals surface area contributed by atoms with E-state index in [9.17, 15) is 0 Å². The Morgan fingerprint density at radius 3 is 2.76 bits per heavy atom. The van der Waals surface area contributed by atoms with Gasteiger partial charge in [0.15, 0.2) is 0 Å². The van der Waals surface area contributed by atoms with E-state index >= 15 is 0 Å². The maximum atomic E-state index is 5.96. The van der Waals surface area contributed by atoms with Crippen LogP contribution in [0.3, 0.4) is 0 Å². The molecule has 21 heavy (non-hydrogen) atoms. The Morgan fingerprint density at radius 2 is 2.10 bits per heavy atom. The third-order valence-electron chi connectivity index (χ3n) is 3.68. The Kier molecular flexibility index (Phi) is 4.00. The fourth-order valence-corrected chi connectivity index (χ4v) is 3.73. The van der Waals surface area contributed by atoms with E-state index < -0.39 is 0 Å². The van der Waals surface area contributed by atoms with Crippen LogP contribution in [0.25, 0.3) is 11.0 Å². The van der Waals surface area contributed by atoms with Crippen molar-refractivity contribution in [1.82, 2.24) is 14.5 Å². The Balaban J connectivity index is 2.21. The monoisotopic (exact) mass is 319 g/mol. The van der Waals surface area contributed by atoms with E-state index in [0.29, 0.717) is 5.88 Å². The van der Waals surface area contributed by atoms with Gasteiger partial charge >= 0.3 is 0 Å². The topological polar surface area (TPSA) is 30.7 Å². The number of hydrogen-bond donors (Lipinski definition) is 0. The number of imidazole rings is 1. The molecule has 0 N–H and O–H groups in total. The number of para-hydroxylation sites is 1. The Morgan fingerprint density at radius 1 is 1.29 bits per heavy atom. The molecule has 3 nitrogen and oxygen atoms in total. The molecule has 0 spiro atoms. The highest BCUT2D eigenvalue weighted by molar-refractivity contribution is 7.09. The van der Waals surface area contributed by atoms with Gasteiger partial charge in [-0.05, 0) is 32.4 Å². The maximum Gasteiger partial charge on any atom is 0.116 e. The van der Waals surface area contributed by atoms with Gasteiger partial charge in [-0.15, -0.1) is 22.9 Å². The Hall–Kier alpha value is -1.39. The summed E-state index contributed by atoms with van der Waals surface area (Å²) < 4.78 is 2.30. The van der Waals surface area contributed by atoms with Crippen LogP contribution >= 0.6 is 22.9 Å². The zero-order valence-corrected chi connectivity index (χ0v) is 14.0. The lowest BCUT2D eigenvalue weighted by Crippen LogP contribution is -2.11. The van der Waals surface area contributed by atoms with Gasteiger partial charge in [-0.1, -0.05) is 12.1 Å². The Labute approximate surface area is 133 Å². The summed E-state index contributed by atoms with van der Waals surface area (Å²) in [6.07, 6.45) is 0.768. The van der Waals surface area contributed by atoms with Crippen molar-refractivity contribution in [3.63, 3.8) is 0 Å². The van der Waals surface area contributed by atoms with Crippen molar-refractivity contribution in [2.24, 2.45) is 0 Å². The minimum atomic E-state index is 0.174. The molecule has 1 aromatic carbocycles. The predicted molar refractivity (Wildman–Crippen MR) is 89.6 cm³/mol. The summed E-state index contributed by atoms with van der Waals surface area (Å²) in [6.45, 7) is 6.35. The molecule has 2 aromatic heterocycles. The molecule has 3 rings (SSSR count). The van der Waals surface area contributed by atoms with Crippen LogP contribution in [0.4, 0.5) is 0 Å². The van der Waals surface area contributed by atoms with Gasteiger partial charge < -0.3 is 4.57 Å². The number of fused-ring (bicyclic) bond motifs is 1. The van der Waals surface area contributed by atoms with Crippen LogP contribution in [-0.4, -0.2) is 20.4 Å². The first-order valence-corrected chi connectivity index (χ1v) is 8.47. The number of benzene rings is 1. The first-order valence-electron chi connectivity index (χ1n) is 7.06. The minimum absolute atomic E-state index is 0.174. The molecule has 0 fully saturated rings. The summed E-state index contributed by atoms with van der Waals surface area (Å²) in [4.78, 5) is 9.41. The van der Waals surface area contributed by atoms with E-state index in [1.165, 1.54) is 11.1 Å². The first kappa shape index (κ1) is 14.5. The van der Waals surface area contributed by atoms with E-state index in [-0.39, 0.29) is 6.04 Å². The summed E-state index contributed by atoms with van der Waals surface area (Å²) in [5, 5.41) is 3.21. The van der Waals surface area contributed by atoms with Crippen molar-refractivity contribution in [1.29, 1.82) is 0 Å². The first-order chi connectivity index (χ1) is 10.1. The zero-order chi connectivity index (χ0) is 15.0. The van der Waals surface area contributed by atoms with Crippen LogP contribution < -0.4 is 0 Å². The third kappa shape index (κ3) is 2.58. The second-order valence-corrected chi connectivity index (χ2v) is 6.55. The molecule has 0 radical (unpaired) electrons. The van der Waals surface area contributed by atoms with Crippen LogP contribution in [0.15, 0.2) is 23.6 Å². The number of thiazole rings is 1. The largest absolute Gasteiger partial charge is 0.318 e. The fraction of sp³-hybridized carbons (Fsp3) is 0.375. The number of aryl methyl sites for hydroxylation is 3. The minimum Gasteiger partial charge on any atom is -0.318 e. The SMILES string of the molecule is Cc1csc(C(C)n2c(CCCl)nc3cccc(C)c32)n1. The van der Waals surface area contributed by atoms with E-state index in [0.717, 1.165) is 28.5 Å². The van der Waals surface area contributed by atoms with Crippen molar-refractivity contribution in [2.75, 3.05) is 5.88 Å². The molecule has 1 unspecified atom stereocenters. The summed E-state index contributed by atoms with van der Waals surface area (Å²) in [6, 6.07) is 6.42. The molecule has 0 saturated heterocycles. The standard InChI is InChI=1S/C16H18ClN3S/c1-10-5-4-6-13-15(10)20(14(19-13)7-8-17)12(3)16-18-11(2)9-21-16/h4-6,9,12H,7-8H2,1-3H3. The van der Waals surface area contributed by atoms with E-state index in [1.807, 2.05) is 6.92 Å². The number of hydrogen-bond acceptors (Lipinski definition) is 3. The highest BCUT2D eigenvalue weighted by Gasteiger charge is 2.20. The molecule has 0 aliphatic rings. The zero-order valence-electron chi connectivity index (χ0n) is 12.4. The highest BCUT2D eigenvalue weighted by Crippen LogP contribution is 2.30. The molecule has 1 atom stereocenters. The Bertz CT molecular complexity index is 775. The van der Waals surface area contributed by atoms with Crippen LogP contribution in [0.5, 0.6) is 0 Å². The number of alkyl halides is 1. The molecule has 0 saturated carbocycles. The summed E-state index contributed by atoms with van der Waals surface area (Å²) in [7, 11) is 0. The van der Waals surface area contributed by atoms with Crippen LogP contribution in [-0.2, 0) is 6.42 Å². The fourth-order valence-electron chi connectivity index (χ4n) is 2.72. The van der Waals surface area contributed by atoms with Gasteiger partial charge in [-0.3, -0.25) is 0 Å². The van der Waals surface area contributed by atoms with Crippen molar-refractivity contribution in [2.45, 2.75) is 33.2 Å². The number of halogens is 1. The van der Waals surface area contributed by atoms with Gasteiger partial charge in [0.25, 0.3) is 0 Å².